The molecule has 0 radical (unpaired) electrons. The molecule has 5 nitrogen and oxygen atoms in total. The van der Waals surface area contributed by atoms with Gasteiger partial charge in [-0.15, -0.1) is 0 Å². The molecule has 1 N–H and O–H groups in total. The number of ether oxygens (including phenoxy) is 2. The van der Waals surface area contributed by atoms with Gasteiger partial charge in [-0.05, 0) is 56.3 Å². The average molecular weight is 360 g/mol. The molecule has 1 spiro atoms. The zero-order valence-corrected chi connectivity index (χ0v) is 16.1. The van der Waals surface area contributed by atoms with Gasteiger partial charge in [0.15, 0.2) is 0 Å². The van der Waals surface area contributed by atoms with E-state index in [1.807, 2.05) is 31.4 Å². The fourth-order valence-corrected chi connectivity index (χ4v) is 4.73. The molecule has 5 heteroatoms. The topological polar surface area (TPSA) is 50.8 Å². The number of carbonyl (C=O) groups excluding carboxylic acids is 1. The number of carbonyl (C=O) groups is 1. The highest BCUT2D eigenvalue weighted by atomic mass is 16.5. The Morgan fingerprint density at radius 1 is 1.23 bits per heavy atom. The molecule has 1 heterocycles. The first kappa shape index (κ1) is 19.2. The molecule has 1 saturated heterocycles. The van der Waals surface area contributed by atoms with Crippen LogP contribution in [0.1, 0.15) is 37.7 Å². The Kier molecular flexibility index (Phi) is 6.54. The van der Waals surface area contributed by atoms with Crippen molar-refractivity contribution in [3.8, 4) is 5.75 Å². The lowest BCUT2D eigenvalue weighted by molar-refractivity contribution is -0.123. The van der Waals surface area contributed by atoms with Gasteiger partial charge in [0.1, 0.15) is 5.75 Å². The van der Waals surface area contributed by atoms with Gasteiger partial charge < -0.3 is 14.8 Å². The van der Waals surface area contributed by atoms with Crippen LogP contribution in [0.4, 0.5) is 0 Å². The summed E-state index contributed by atoms with van der Waals surface area (Å²) in [6.07, 6.45) is 7.26. The number of benzene rings is 1. The molecule has 1 aliphatic carbocycles. The van der Waals surface area contributed by atoms with Gasteiger partial charge in [0.2, 0.25) is 5.91 Å². The molecule has 144 valence electrons. The van der Waals surface area contributed by atoms with Crippen LogP contribution in [0.2, 0.25) is 0 Å². The van der Waals surface area contributed by atoms with Crippen LogP contribution in [0.5, 0.6) is 5.75 Å². The van der Waals surface area contributed by atoms with Crippen LogP contribution in [0.25, 0.3) is 0 Å². The Balaban J connectivity index is 1.42. The summed E-state index contributed by atoms with van der Waals surface area (Å²) in [5, 5.41) is 3.07. The molecule has 2 atom stereocenters. The Morgan fingerprint density at radius 3 is 2.73 bits per heavy atom. The maximum atomic E-state index is 12.4. The van der Waals surface area contributed by atoms with Crippen LogP contribution >= 0.6 is 0 Å². The fourth-order valence-electron chi connectivity index (χ4n) is 4.73. The van der Waals surface area contributed by atoms with Crippen molar-refractivity contribution < 1.29 is 14.3 Å². The summed E-state index contributed by atoms with van der Waals surface area (Å²) in [4.78, 5) is 14.7. The van der Waals surface area contributed by atoms with Crippen molar-refractivity contribution in [2.24, 2.45) is 5.41 Å². The average Bonchev–Trinajstić information content (AvgIpc) is 3.04. The van der Waals surface area contributed by atoms with E-state index in [0.717, 1.165) is 25.3 Å². The molecule has 1 amide bonds. The number of methoxy groups -OCH3 is 2. The number of hydrogen-bond donors (Lipinski definition) is 1. The van der Waals surface area contributed by atoms with Gasteiger partial charge in [-0.2, -0.15) is 0 Å². The molecule has 3 rings (SSSR count). The second-order valence-corrected chi connectivity index (χ2v) is 7.74. The first-order valence-corrected chi connectivity index (χ1v) is 9.80. The van der Waals surface area contributed by atoms with Crippen molar-refractivity contribution in [3.05, 3.63) is 29.8 Å². The quantitative estimate of drug-likeness (QED) is 0.812. The molecule has 0 unspecified atom stereocenters. The van der Waals surface area contributed by atoms with Crippen molar-refractivity contribution in [1.82, 2.24) is 10.2 Å². The van der Waals surface area contributed by atoms with Crippen LogP contribution in [-0.4, -0.2) is 57.3 Å². The van der Waals surface area contributed by atoms with Gasteiger partial charge in [-0.3, -0.25) is 9.69 Å². The van der Waals surface area contributed by atoms with E-state index in [-0.39, 0.29) is 11.3 Å². The number of likely N-dealkylation sites (tertiary alicyclic amines) is 1. The summed E-state index contributed by atoms with van der Waals surface area (Å²) in [6, 6.07) is 8.00. The standard InChI is InChI=1S/C21H32N2O3/c1-25-18-8-6-17(7-9-18)10-13-22-20(24)15-23-14-4-12-21(16-23)11-3-5-19(21)26-2/h6-9,19H,3-5,10-16H2,1-2H3,(H,22,24)/t19-,21-/m1/s1. The number of amides is 1. The minimum atomic E-state index is 0.127. The maximum Gasteiger partial charge on any atom is 0.234 e. The number of piperidine rings is 1. The summed E-state index contributed by atoms with van der Waals surface area (Å²) < 4.78 is 10.9. The highest BCUT2D eigenvalue weighted by Gasteiger charge is 2.45. The summed E-state index contributed by atoms with van der Waals surface area (Å²) in [5.74, 6) is 0.987. The van der Waals surface area contributed by atoms with Gasteiger partial charge in [-0.1, -0.05) is 18.6 Å². The normalized spacial score (nSPS) is 26.2. The van der Waals surface area contributed by atoms with Crippen molar-refractivity contribution in [1.29, 1.82) is 0 Å². The first-order chi connectivity index (χ1) is 12.6. The highest BCUT2D eigenvalue weighted by molar-refractivity contribution is 5.78. The first-order valence-electron chi connectivity index (χ1n) is 9.80. The van der Waals surface area contributed by atoms with E-state index >= 15 is 0 Å². The predicted molar refractivity (Wildman–Crippen MR) is 102 cm³/mol. The highest BCUT2D eigenvalue weighted by Crippen LogP contribution is 2.46. The Bertz CT molecular complexity index is 589. The van der Waals surface area contributed by atoms with Crippen molar-refractivity contribution in [2.75, 3.05) is 40.4 Å². The Labute approximate surface area is 157 Å². The summed E-state index contributed by atoms with van der Waals surface area (Å²) >= 11 is 0. The predicted octanol–water partition coefficient (Wildman–Crippen LogP) is 2.64. The largest absolute Gasteiger partial charge is 0.497 e. The summed E-state index contributed by atoms with van der Waals surface area (Å²) in [7, 11) is 3.50. The summed E-state index contributed by atoms with van der Waals surface area (Å²) in [5.41, 5.74) is 1.48. The lowest BCUT2D eigenvalue weighted by atomic mass is 9.76. The van der Waals surface area contributed by atoms with Crippen LogP contribution in [0.3, 0.4) is 0 Å². The molecule has 1 aromatic carbocycles. The molecule has 0 bridgehead atoms. The van der Waals surface area contributed by atoms with Gasteiger partial charge in [0, 0.05) is 25.6 Å². The Hall–Kier alpha value is -1.59. The molecule has 1 aliphatic heterocycles. The van der Waals surface area contributed by atoms with Crippen LogP contribution in [0.15, 0.2) is 24.3 Å². The SMILES string of the molecule is COc1ccc(CCNC(=O)CN2CCC[C@]3(CCC[C@H]3OC)C2)cc1. The van der Waals surface area contributed by atoms with Crippen molar-refractivity contribution in [2.45, 2.75) is 44.6 Å². The zero-order valence-electron chi connectivity index (χ0n) is 16.1. The van der Waals surface area contributed by atoms with Gasteiger partial charge in [0.05, 0.1) is 19.8 Å². The molecule has 0 aromatic heterocycles. The van der Waals surface area contributed by atoms with Crippen LogP contribution in [0, 0.1) is 5.41 Å². The second kappa shape index (κ2) is 8.87. The van der Waals surface area contributed by atoms with E-state index in [0.29, 0.717) is 19.2 Å². The minimum absolute atomic E-state index is 0.127. The minimum Gasteiger partial charge on any atom is -0.497 e. The van der Waals surface area contributed by atoms with Crippen molar-refractivity contribution >= 4 is 5.91 Å². The van der Waals surface area contributed by atoms with Gasteiger partial charge in [-0.25, -0.2) is 0 Å². The van der Waals surface area contributed by atoms with Gasteiger partial charge in [0.25, 0.3) is 0 Å². The molecule has 26 heavy (non-hydrogen) atoms. The van der Waals surface area contributed by atoms with Gasteiger partial charge >= 0.3 is 0 Å². The lowest BCUT2D eigenvalue weighted by Crippen LogP contribution is -2.50. The third-order valence-corrected chi connectivity index (χ3v) is 6.06. The fraction of sp³-hybridized carbons (Fsp3) is 0.667. The van der Waals surface area contributed by atoms with E-state index < -0.39 is 0 Å². The summed E-state index contributed by atoms with van der Waals surface area (Å²) in [6.45, 7) is 3.19. The van der Waals surface area contributed by atoms with E-state index in [1.165, 1.54) is 37.7 Å². The van der Waals surface area contributed by atoms with Crippen molar-refractivity contribution in [3.63, 3.8) is 0 Å². The van der Waals surface area contributed by atoms with E-state index in [9.17, 15) is 4.79 Å². The third kappa shape index (κ3) is 4.57. The third-order valence-electron chi connectivity index (χ3n) is 6.06. The van der Waals surface area contributed by atoms with E-state index in [4.69, 9.17) is 9.47 Å². The zero-order chi connectivity index (χ0) is 18.4. The molecule has 1 aromatic rings. The number of nitrogens with one attached hydrogen (secondary N) is 1. The van der Waals surface area contributed by atoms with Crippen LogP contribution in [-0.2, 0) is 16.0 Å². The molecule has 1 saturated carbocycles. The second-order valence-electron chi connectivity index (χ2n) is 7.74. The molecule has 2 aliphatic rings. The molecular formula is C21H32N2O3. The monoisotopic (exact) mass is 360 g/mol. The van der Waals surface area contributed by atoms with Crippen LogP contribution < -0.4 is 10.1 Å². The Morgan fingerprint density at radius 2 is 2.00 bits per heavy atom. The number of hydrogen-bond acceptors (Lipinski definition) is 4. The maximum absolute atomic E-state index is 12.4. The van der Waals surface area contributed by atoms with E-state index in [1.54, 1.807) is 7.11 Å². The number of nitrogens with zero attached hydrogens (tertiary/aromatic N) is 1. The lowest BCUT2D eigenvalue weighted by Gasteiger charge is -2.43. The number of rotatable bonds is 7. The smallest absolute Gasteiger partial charge is 0.234 e. The molecule has 2 fully saturated rings. The van der Waals surface area contributed by atoms with E-state index in [2.05, 4.69) is 10.2 Å². The molecular weight excluding hydrogens is 328 g/mol.